The Bertz CT molecular complexity index is 3510. The molecule has 0 aliphatic carbocycles. The van der Waals surface area contributed by atoms with E-state index in [4.69, 9.17) is 14.2 Å². The molecular formula is C68H94N6O9S3. The minimum absolute atomic E-state index is 0.148. The lowest BCUT2D eigenvalue weighted by Crippen LogP contribution is -2.26. The molecule has 0 spiro atoms. The second kappa shape index (κ2) is 32.0. The van der Waals surface area contributed by atoms with Gasteiger partial charge in [0.1, 0.15) is 0 Å². The van der Waals surface area contributed by atoms with Crippen molar-refractivity contribution in [2.24, 2.45) is 0 Å². The van der Waals surface area contributed by atoms with Gasteiger partial charge in [0.15, 0.2) is 0 Å². The SMILES string of the molecule is CCOCCCCCCNC1c2ccccc2N(C)S(=O)(=O)c2cc(C)ccc21.COCCCCCCNC1c2ccccc2N(C)S(=O)(=O)c2cc(C)ccc21.Cc1ccc2c(c1)S(=O)(=O)N(C)c1ccccc1C2NCCCCCOC(C)C. The third-order valence-corrected chi connectivity index (χ3v) is 21.6. The Morgan fingerprint density at radius 3 is 1.07 bits per heavy atom. The molecule has 0 radical (unpaired) electrons. The molecule has 3 heterocycles. The summed E-state index contributed by atoms with van der Waals surface area (Å²) < 4.78 is 99.9. The van der Waals surface area contributed by atoms with Crippen molar-refractivity contribution in [1.29, 1.82) is 0 Å². The van der Waals surface area contributed by atoms with E-state index in [-0.39, 0.29) is 24.2 Å². The van der Waals surface area contributed by atoms with Crippen molar-refractivity contribution in [2.75, 3.05) is 87.2 Å². The van der Waals surface area contributed by atoms with Crippen LogP contribution in [-0.2, 0) is 44.3 Å². The monoisotopic (exact) mass is 1230 g/mol. The second-order valence-corrected chi connectivity index (χ2v) is 28.7. The predicted octanol–water partition coefficient (Wildman–Crippen LogP) is 12.8. The lowest BCUT2D eigenvalue weighted by atomic mass is 9.96. The van der Waals surface area contributed by atoms with Gasteiger partial charge in [0.2, 0.25) is 0 Å². The lowest BCUT2D eigenvalue weighted by Gasteiger charge is -2.22. The zero-order chi connectivity index (χ0) is 62.0. The van der Waals surface area contributed by atoms with Crippen molar-refractivity contribution in [3.63, 3.8) is 0 Å². The topological polar surface area (TPSA) is 176 Å². The maximum atomic E-state index is 13.3. The van der Waals surface area contributed by atoms with E-state index >= 15 is 0 Å². The first-order valence-corrected chi connectivity index (χ1v) is 35.0. The number of aryl methyl sites for hydroxylation is 3. The molecule has 3 unspecified atom stereocenters. The fraction of sp³-hybridized carbons (Fsp3) is 0.471. The maximum absolute atomic E-state index is 13.3. The molecule has 0 saturated carbocycles. The number of unbranched alkanes of at least 4 members (excludes halogenated alkanes) is 8. The van der Waals surface area contributed by atoms with Gasteiger partial charge < -0.3 is 30.2 Å². The first-order valence-electron chi connectivity index (χ1n) is 30.7. The Balaban J connectivity index is 0.000000185. The molecule has 15 nitrogen and oxygen atoms in total. The number of para-hydroxylation sites is 3. The average molecular weight is 1240 g/mol. The highest BCUT2D eigenvalue weighted by molar-refractivity contribution is 7.93. The van der Waals surface area contributed by atoms with Crippen LogP contribution in [0.3, 0.4) is 0 Å². The quantitative estimate of drug-likeness (QED) is 0.0463. The van der Waals surface area contributed by atoms with Crippen LogP contribution >= 0.6 is 0 Å². The van der Waals surface area contributed by atoms with Crippen molar-refractivity contribution in [3.8, 4) is 0 Å². The van der Waals surface area contributed by atoms with Crippen LogP contribution < -0.4 is 28.9 Å². The number of nitrogens with zero attached hydrogens (tertiary/aromatic N) is 3. The fourth-order valence-corrected chi connectivity index (χ4v) is 16.0. The highest BCUT2D eigenvalue weighted by Crippen LogP contribution is 2.43. The number of benzene rings is 6. The standard InChI is InChI=1S/2C23H32N2O3S.C22H30N2O3S/c1-17(2)28-15-9-5-8-14-24-23-19-10-6-7-11-21(19)25(4)29(26,27)22-16-18(3)12-13-20(22)23;1-4-28-16-10-6-5-9-15-24-23-19-11-7-8-12-21(19)25(3)29(26,27)22-17-18(2)13-14-20(22)23;1-17-12-13-19-21(16-17)28(25,26)24(2)20-11-7-6-10-18(20)22(19)23-14-8-4-5-9-15-27-3/h6-7,10-13,16-17,23-24H,5,8-9,14-15H2,1-4H3;7-8,11-14,17,23-24H,4-6,9-10,15-16H2,1-3H3;6-7,10-13,16,22-23H,4-5,8-9,14-15H2,1-3H3. The summed E-state index contributed by atoms with van der Waals surface area (Å²) in [6.07, 6.45) is 12.2. The lowest BCUT2D eigenvalue weighted by molar-refractivity contribution is 0.0757. The highest BCUT2D eigenvalue weighted by atomic mass is 32.2. The second-order valence-electron chi connectivity index (χ2n) is 22.9. The summed E-state index contributed by atoms with van der Waals surface area (Å²) in [5, 5.41) is 10.9. The van der Waals surface area contributed by atoms with Gasteiger partial charge in [-0.25, -0.2) is 25.3 Å². The van der Waals surface area contributed by atoms with Gasteiger partial charge in [-0.15, -0.1) is 0 Å². The summed E-state index contributed by atoms with van der Waals surface area (Å²) >= 11 is 0. The van der Waals surface area contributed by atoms with Gasteiger partial charge in [-0.3, -0.25) is 12.9 Å². The van der Waals surface area contributed by atoms with Crippen molar-refractivity contribution in [1.82, 2.24) is 16.0 Å². The van der Waals surface area contributed by atoms with Gasteiger partial charge in [0.05, 0.1) is 56.0 Å². The molecule has 6 aromatic carbocycles. The van der Waals surface area contributed by atoms with Gasteiger partial charge >= 0.3 is 0 Å². The Morgan fingerprint density at radius 1 is 0.419 bits per heavy atom. The molecule has 86 heavy (non-hydrogen) atoms. The number of methoxy groups -OCH3 is 1. The van der Waals surface area contributed by atoms with Crippen LogP contribution in [0.4, 0.5) is 17.1 Å². The van der Waals surface area contributed by atoms with Gasteiger partial charge in [0, 0.05) is 54.7 Å². The minimum atomic E-state index is -3.60. The summed E-state index contributed by atoms with van der Waals surface area (Å²) in [5.74, 6) is 0. The molecule has 3 atom stereocenters. The molecule has 0 amide bonds. The van der Waals surface area contributed by atoms with Crippen LogP contribution in [0.15, 0.2) is 142 Å². The number of ether oxygens (including phenoxy) is 3. The summed E-state index contributed by atoms with van der Waals surface area (Å²) in [6.45, 7) is 17.6. The fourth-order valence-electron chi connectivity index (χ4n) is 11.4. The Morgan fingerprint density at radius 2 is 0.733 bits per heavy atom. The van der Waals surface area contributed by atoms with E-state index < -0.39 is 30.1 Å². The molecule has 6 aromatic rings. The van der Waals surface area contributed by atoms with E-state index in [1.807, 2.05) is 137 Å². The van der Waals surface area contributed by atoms with Gasteiger partial charge in [-0.1, -0.05) is 117 Å². The number of sulfonamides is 3. The van der Waals surface area contributed by atoms with E-state index in [0.717, 1.165) is 184 Å². The molecular weight excluding hydrogens is 1140 g/mol. The molecule has 3 aliphatic rings. The minimum Gasteiger partial charge on any atom is -0.385 e. The van der Waals surface area contributed by atoms with E-state index in [0.29, 0.717) is 14.7 Å². The van der Waals surface area contributed by atoms with Crippen molar-refractivity contribution in [2.45, 2.75) is 151 Å². The molecule has 0 bridgehead atoms. The van der Waals surface area contributed by atoms with Crippen LogP contribution in [0.2, 0.25) is 0 Å². The largest absolute Gasteiger partial charge is 0.385 e. The molecule has 468 valence electrons. The number of hydrogen-bond donors (Lipinski definition) is 3. The number of fused-ring (bicyclic) bond motifs is 6. The molecule has 18 heteroatoms. The number of anilines is 3. The third-order valence-electron chi connectivity index (χ3n) is 16.1. The number of hydrogen-bond acceptors (Lipinski definition) is 12. The first-order chi connectivity index (χ1) is 41.2. The van der Waals surface area contributed by atoms with Crippen LogP contribution in [0.1, 0.15) is 160 Å². The van der Waals surface area contributed by atoms with Crippen LogP contribution in [-0.4, -0.2) is 106 Å². The van der Waals surface area contributed by atoms with Gasteiger partial charge in [-0.05, 0) is 193 Å². The highest BCUT2D eigenvalue weighted by Gasteiger charge is 2.38. The summed E-state index contributed by atoms with van der Waals surface area (Å²) in [4.78, 5) is 1.17. The number of nitrogens with one attached hydrogen (secondary N) is 3. The third kappa shape index (κ3) is 16.7. The molecule has 3 N–H and O–H groups in total. The van der Waals surface area contributed by atoms with Crippen LogP contribution in [0.5, 0.6) is 0 Å². The van der Waals surface area contributed by atoms with Crippen molar-refractivity contribution >= 4 is 47.1 Å². The predicted molar refractivity (Wildman–Crippen MR) is 349 cm³/mol. The Labute approximate surface area is 515 Å². The molecule has 0 fully saturated rings. The normalized spacial score (nSPS) is 17.6. The van der Waals surface area contributed by atoms with Crippen LogP contribution in [0.25, 0.3) is 0 Å². The molecule has 3 aliphatic heterocycles. The van der Waals surface area contributed by atoms with E-state index in [1.165, 1.54) is 12.9 Å². The average Bonchev–Trinajstić information content (AvgIpc) is 1.67. The Kier molecular flexibility index (Phi) is 25.2. The summed E-state index contributed by atoms with van der Waals surface area (Å²) in [7, 11) is -4.14. The zero-order valence-corrected chi connectivity index (χ0v) is 54.9. The smallest absolute Gasteiger partial charge is 0.264 e. The molecule has 9 rings (SSSR count). The molecule has 0 aromatic heterocycles. The van der Waals surface area contributed by atoms with Crippen molar-refractivity contribution in [3.05, 3.63) is 177 Å². The van der Waals surface area contributed by atoms with Gasteiger partial charge in [0.25, 0.3) is 30.1 Å². The first kappa shape index (κ1) is 67.8. The maximum Gasteiger partial charge on any atom is 0.264 e. The Hall–Kier alpha value is -5.67. The molecule has 0 saturated heterocycles. The zero-order valence-electron chi connectivity index (χ0n) is 52.4. The van der Waals surface area contributed by atoms with E-state index in [1.54, 1.807) is 46.5 Å². The summed E-state index contributed by atoms with van der Waals surface area (Å²) in [6, 6.07) is 40.0. The van der Waals surface area contributed by atoms with Crippen molar-refractivity contribution < 1.29 is 39.5 Å². The summed E-state index contributed by atoms with van der Waals surface area (Å²) in [5.41, 5.74) is 10.5. The van der Waals surface area contributed by atoms with E-state index in [2.05, 4.69) is 29.8 Å². The van der Waals surface area contributed by atoms with E-state index in [9.17, 15) is 25.3 Å². The van der Waals surface area contributed by atoms with Crippen LogP contribution in [0, 0.1) is 20.8 Å². The number of rotatable bonds is 25. The van der Waals surface area contributed by atoms with Gasteiger partial charge in [-0.2, -0.15) is 0 Å².